The Kier molecular flexibility index (Phi) is 6.03. The highest BCUT2D eigenvalue weighted by Gasteiger charge is 2.30. The minimum absolute atomic E-state index is 0.0145. The summed E-state index contributed by atoms with van der Waals surface area (Å²) in [6.07, 6.45) is 1.93. The Balaban J connectivity index is 3.48. The lowest BCUT2D eigenvalue weighted by Crippen LogP contribution is -2.25. The fraction of sp³-hybridized carbons (Fsp3) is 0.615. The molecule has 8 heteroatoms. The summed E-state index contributed by atoms with van der Waals surface area (Å²) >= 11 is 1.07. The van der Waals surface area contributed by atoms with Gasteiger partial charge in [0.1, 0.15) is 14.8 Å². The first kappa shape index (κ1) is 17.8. The molecule has 0 fully saturated rings. The molecule has 0 aliphatic rings. The molecule has 4 N–H and O–H groups in total. The van der Waals surface area contributed by atoms with Crippen LogP contribution in [-0.4, -0.2) is 33.2 Å². The van der Waals surface area contributed by atoms with Gasteiger partial charge in [0.2, 0.25) is 0 Å². The van der Waals surface area contributed by atoms with Gasteiger partial charge in [0.25, 0.3) is 5.91 Å². The van der Waals surface area contributed by atoms with Crippen LogP contribution in [0.3, 0.4) is 0 Å². The number of unbranched alkanes of at least 4 members (excludes halogenated alkanes) is 1. The lowest BCUT2D eigenvalue weighted by atomic mass is 10.3. The van der Waals surface area contributed by atoms with Crippen LogP contribution < -0.4 is 16.4 Å². The molecule has 0 aromatic carbocycles. The average molecular weight is 333 g/mol. The van der Waals surface area contributed by atoms with Crippen molar-refractivity contribution in [3.05, 3.63) is 4.88 Å². The van der Waals surface area contributed by atoms with E-state index in [0.29, 0.717) is 11.5 Å². The van der Waals surface area contributed by atoms with Gasteiger partial charge >= 0.3 is 0 Å². The number of rotatable bonds is 8. The van der Waals surface area contributed by atoms with E-state index < -0.39 is 15.7 Å². The number of nitrogens with zero attached hydrogens (tertiary/aromatic N) is 1. The predicted octanol–water partition coefficient (Wildman–Crippen LogP) is 1.85. The highest BCUT2D eigenvalue weighted by Crippen LogP contribution is 2.41. The molecule has 0 atom stereocenters. The molecular weight excluding hydrogens is 310 g/mol. The second-order valence-corrected chi connectivity index (χ2v) is 7.89. The molecule has 1 aromatic rings. The molecule has 0 radical (unpaired) electrons. The average Bonchev–Trinajstić information content (AvgIpc) is 2.78. The summed E-state index contributed by atoms with van der Waals surface area (Å²) in [7, 11) is -3.52. The van der Waals surface area contributed by atoms with Crippen molar-refractivity contribution >= 4 is 37.8 Å². The fourth-order valence-electron chi connectivity index (χ4n) is 2.00. The van der Waals surface area contributed by atoms with E-state index in [1.807, 2.05) is 11.8 Å². The first-order chi connectivity index (χ1) is 9.80. The number of primary amides is 1. The molecule has 0 spiro atoms. The lowest BCUT2D eigenvalue weighted by Gasteiger charge is -2.22. The lowest BCUT2D eigenvalue weighted by molar-refractivity contribution is 0.100. The number of thiophene rings is 1. The van der Waals surface area contributed by atoms with Gasteiger partial charge in [-0.15, -0.1) is 11.3 Å². The van der Waals surface area contributed by atoms with Crippen LogP contribution >= 0.6 is 11.3 Å². The van der Waals surface area contributed by atoms with Crippen molar-refractivity contribution in [2.75, 3.05) is 29.5 Å². The summed E-state index contributed by atoms with van der Waals surface area (Å²) in [4.78, 5) is 13.6. The number of sulfone groups is 1. The maximum Gasteiger partial charge on any atom is 0.261 e. The minimum atomic E-state index is -3.52. The largest absolute Gasteiger partial charge is 0.396 e. The Labute approximate surface area is 130 Å². The van der Waals surface area contributed by atoms with Gasteiger partial charge in [-0.25, -0.2) is 8.42 Å². The van der Waals surface area contributed by atoms with E-state index in [-0.39, 0.29) is 21.2 Å². The highest BCUT2D eigenvalue weighted by molar-refractivity contribution is 7.92. The third-order valence-corrected chi connectivity index (χ3v) is 6.45. The normalized spacial score (nSPS) is 11.6. The number of anilines is 2. The van der Waals surface area contributed by atoms with Crippen LogP contribution in [-0.2, 0) is 9.84 Å². The zero-order valence-electron chi connectivity index (χ0n) is 12.7. The van der Waals surface area contributed by atoms with Crippen molar-refractivity contribution < 1.29 is 13.2 Å². The molecule has 1 amide bonds. The molecule has 0 unspecified atom stereocenters. The Morgan fingerprint density at radius 3 is 2.33 bits per heavy atom. The van der Waals surface area contributed by atoms with Gasteiger partial charge < -0.3 is 16.4 Å². The van der Waals surface area contributed by atoms with E-state index in [0.717, 1.165) is 30.7 Å². The van der Waals surface area contributed by atoms with Gasteiger partial charge in [-0.3, -0.25) is 4.79 Å². The topological polar surface area (TPSA) is 106 Å². The molecule has 120 valence electrons. The van der Waals surface area contributed by atoms with Crippen LogP contribution in [0.2, 0.25) is 0 Å². The smallest absolute Gasteiger partial charge is 0.261 e. The van der Waals surface area contributed by atoms with E-state index in [2.05, 4.69) is 6.92 Å². The molecular formula is C13H23N3O3S2. The van der Waals surface area contributed by atoms with E-state index in [9.17, 15) is 13.2 Å². The highest BCUT2D eigenvalue weighted by atomic mass is 32.2. The van der Waals surface area contributed by atoms with Crippen molar-refractivity contribution in [2.45, 2.75) is 38.5 Å². The molecule has 0 saturated heterocycles. The summed E-state index contributed by atoms with van der Waals surface area (Å²) in [6.45, 7) is 6.93. The minimum Gasteiger partial charge on any atom is -0.396 e. The van der Waals surface area contributed by atoms with Crippen LogP contribution in [0.5, 0.6) is 0 Å². The summed E-state index contributed by atoms with van der Waals surface area (Å²) in [5, 5.41) is 0.527. The van der Waals surface area contributed by atoms with Gasteiger partial charge in [-0.1, -0.05) is 20.3 Å². The summed E-state index contributed by atoms with van der Waals surface area (Å²) < 4.78 is 24.6. The van der Waals surface area contributed by atoms with Gasteiger partial charge in [-0.2, -0.15) is 0 Å². The Morgan fingerprint density at radius 1 is 1.29 bits per heavy atom. The molecule has 0 bridgehead atoms. The molecule has 21 heavy (non-hydrogen) atoms. The van der Waals surface area contributed by atoms with Gasteiger partial charge in [0.05, 0.1) is 11.4 Å². The summed E-state index contributed by atoms with van der Waals surface area (Å²) in [5.41, 5.74) is 11.2. The molecule has 0 saturated carbocycles. The third-order valence-electron chi connectivity index (χ3n) is 3.25. The summed E-state index contributed by atoms with van der Waals surface area (Å²) in [5.74, 6) is -0.757. The molecule has 6 nitrogen and oxygen atoms in total. The van der Waals surface area contributed by atoms with E-state index in [4.69, 9.17) is 11.5 Å². The zero-order valence-corrected chi connectivity index (χ0v) is 14.3. The molecule has 1 rings (SSSR count). The fourth-order valence-corrected chi connectivity index (χ4v) is 4.75. The van der Waals surface area contributed by atoms with Crippen LogP contribution in [0, 0.1) is 0 Å². The summed E-state index contributed by atoms with van der Waals surface area (Å²) in [6, 6.07) is 0. The first-order valence-electron chi connectivity index (χ1n) is 6.99. The Bertz CT molecular complexity index is 608. The number of hydrogen-bond donors (Lipinski definition) is 2. The Morgan fingerprint density at radius 2 is 1.90 bits per heavy atom. The standard InChI is InChI=1S/C13H23N3O3S2/c1-4-7-8-16(5-2)13-11(21(18,19)6-3)9(14)10(20-13)12(15)17/h4-8,14H2,1-3H3,(H2,15,17). The monoisotopic (exact) mass is 333 g/mol. The van der Waals surface area contributed by atoms with Crippen LogP contribution in [0.15, 0.2) is 4.90 Å². The number of nitrogens with two attached hydrogens (primary N) is 2. The van der Waals surface area contributed by atoms with Gasteiger partial charge in [-0.05, 0) is 13.3 Å². The number of hydrogen-bond acceptors (Lipinski definition) is 6. The van der Waals surface area contributed by atoms with Crippen LogP contribution in [0.25, 0.3) is 0 Å². The third kappa shape index (κ3) is 3.68. The number of carbonyl (C=O) groups excluding carboxylic acids is 1. The van der Waals surface area contributed by atoms with Gasteiger partial charge in [0.15, 0.2) is 9.84 Å². The molecule has 1 aromatic heterocycles. The van der Waals surface area contributed by atoms with Gasteiger partial charge in [0, 0.05) is 13.1 Å². The quantitative estimate of drug-likeness (QED) is 0.755. The second kappa shape index (κ2) is 7.13. The second-order valence-electron chi connectivity index (χ2n) is 4.68. The predicted molar refractivity (Wildman–Crippen MR) is 87.8 cm³/mol. The van der Waals surface area contributed by atoms with Crippen molar-refractivity contribution in [3.63, 3.8) is 0 Å². The molecule has 0 aliphatic carbocycles. The SMILES string of the molecule is CCCCN(CC)c1sc(C(N)=O)c(N)c1S(=O)(=O)CC. The Hall–Kier alpha value is -1.28. The van der Waals surface area contributed by atoms with E-state index >= 15 is 0 Å². The van der Waals surface area contributed by atoms with Crippen molar-refractivity contribution in [1.29, 1.82) is 0 Å². The van der Waals surface area contributed by atoms with Crippen molar-refractivity contribution in [1.82, 2.24) is 0 Å². The molecule has 1 heterocycles. The van der Waals surface area contributed by atoms with Crippen molar-refractivity contribution in [2.24, 2.45) is 5.73 Å². The zero-order chi connectivity index (χ0) is 16.2. The number of carbonyl (C=O) groups is 1. The van der Waals surface area contributed by atoms with Crippen LogP contribution in [0.4, 0.5) is 10.7 Å². The van der Waals surface area contributed by atoms with E-state index in [1.165, 1.54) is 0 Å². The molecule has 0 aliphatic heterocycles. The maximum atomic E-state index is 12.3. The van der Waals surface area contributed by atoms with Crippen LogP contribution in [0.1, 0.15) is 43.3 Å². The first-order valence-corrected chi connectivity index (χ1v) is 9.46. The van der Waals surface area contributed by atoms with E-state index in [1.54, 1.807) is 6.92 Å². The van der Waals surface area contributed by atoms with Crippen molar-refractivity contribution in [3.8, 4) is 0 Å². The number of amides is 1. The maximum absolute atomic E-state index is 12.3. The number of nitrogen functional groups attached to an aromatic ring is 1.